The lowest BCUT2D eigenvalue weighted by Gasteiger charge is -2.36. The lowest BCUT2D eigenvalue weighted by atomic mass is 9.70. The predicted molar refractivity (Wildman–Crippen MR) is 56.5 cm³/mol. The highest BCUT2D eigenvalue weighted by atomic mass is 16.3. The van der Waals surface area contributed by atoms with Crippen molar-refractivity contribution in [2.45, 2.75) is 53.1 Å². The van der Waals surface area contributed by atoms with Gasteiger partial charge in [0.1, 0.15) is 0 Å². The minimum absolute atomic E-state index is 0.134. The molecule has 5 unspecified atom stereocenters. The van der Waals surface area contributed by atoms with Crippen LogP contribution in [0.2, 0.25) is 0 Å². The summed E-state index contributed by atoms with van der Waals surface area (Å²) in [7, 11) is 0. The fraction of sp³-hybridized carbons (Fsp3) is 1.00. The lowest BCUT2D eigenvalue weighted by molar-refractivity contribution is 0.0623. The van der Waals surface area contributed by atoms with E-state index in [-0.39, 0.29) is 6.10 Å². The van der Waals surface area contributed by atoms with Crippen molar-refractivity contribution in [1.29, 1.82) is 0 Å². The van der Waals surface area contributed by atoms with E-state index in [1.165, 1.54) is 19.3 Å². The summed E-state index contributed by atoms with van der Waals surface area (Å²) in [4.78, 5) is 0. The molecule has 0 bridgehead atoms. The zero-order valence-electron chi connectivity index (χ0n) is 9.46. The molecule has 5 atom stereocenters. The first-order valence-corrected chi connectivity index (χ1v) is 5.70. The standard InChI is InChI=1S/C12H24O/c1-8-5-6-12(7-9(8)2)10(3)11(4)13/h8-13H,5-7H2,1-4H3. The van der Waals surface area contributed by atoms with Crippen LogP contribution < -0.4 is 0 Å². The Hall–Kier alpha value is -0.0400. The molecule has 0 aromatic heterocycles. The van der Waals surface area contributed by atoms with Crippen LogP contribution >= 0.6 is 0 Å². The molecule has 0 aliphatic heterocycles. The van der Waals surface area contributed by atoms with E-state index in [1.54, 1.807) is 0 Å². The Balaban J connectivity index is 2.45. The van der Waals surface area contributed by atoms with Gasteiger partial charge in [0.25, 0.3) is 0 Å². The monoisotopic (exact) mass is 184 g/mol. The molecule has 1 fully saturated rings. The highest BCUT2D eigenvalue weighted by Gasteiger charge is 2.29. The Morgan fingerprint density at radius 1 is 1.08 bits per heavy atom. The van der Waals surface area contributed by atoms with Gasteiger partial charge in [-0.25, -0.2) is 0 Å². The van der Waals surface area contributed by atoms with Crippen LogP contribution in [-0.2, 0) is 0 Å². The topological polar surface area (TPSA) is 20.2 Å². The first-order valence-electron chi connectivity index (χ1n) is 5.70. The van der Waals surface area contributed by atoms with Crippen molar-refractivity contribution >= 4 is 0 Å². The van der Waals surface area contributed by atoms with Crippen LogP contribution in [0.25, 0.3) is 0 Å². The highest BCUT2D eigenvalue weighted by molar-refractivity contribution is 4.80. The Morgan fingerprint density at radius 3 is 2.15 bits per heavy atom. The van der Waals surface area contributed by atoms with Gasteiger partial charge in [-0.3, -0.25) is 0 Å². The molecule has 78 valence electrons. The van der Waals surface area contributed by atoms with E-state index >= 15 is 0 Å². The van der Waals surface area contributed by atoms with E-state index < -0.39 is 0 Å². The normalized spacial score (nSPS) is 39.9. The number of aliphatic hydroxyl groups is 1. The predicted octanol–water partition coefficient (Wildman–Crippen LogP) is 3.08. The van der Waals surface area contributed by atoms with E-state index in [2.05, 4.69) is 20.8 Å². The maximum Gasteiger partial charge on any atom is 0.0540 e. The fourth-order valence-electron chi connectivity index (χ4n) is 2.46. The molecule has 0 spiro atoms. The van der Waals surface area contributed by atoms with Crippen molar-refractivity contribution in [2.75, 3.05) is 0 Å². The van der Waals surface area contributed by atoms with Gasteiger partial charge in [-0.2, -0.15) is 0 Å². The maximum absolute atomic E-state index is 9.53. The molecule has 1 heteroatoms. The van der Waals surface area contributed by atoms with Gasteiger partial charge in [0.05, 0.1) is 6.10 Å². The van der Waals surface area contributed by atoms with Gasteiger partial charge in [0.2, 0.25) is 0 Å². The molecule has 0 heterocycles. The first-order chi connectivity index (χ1) is 6.02. The van der Waals surface area contributed by atoms with Crippen LogP contribution in [0.15, 0.2) is 0 Å². The van der Waals surface area contributed by atoms with Crippen LogP contribution in [0.4, 0.5) is 0 Å². The number of hydrogen-bond acceptors (Lipinski definition) is 1. The lowest BCUT2D eigenvalue weighted by Crippen LogP contribution is -2.30. The summed E-state index contributed by atoms with van der Waals surface area (Å²) in [5.74, 6) is 2.97. The van der Waals surface area contributed by atoms with Crippen LogP contribution in [0, 0.1) is 23.7 Å². The summed E-state index contributed by atoms with van der Waals surface area (Å²) in [6.07, 6.45) is 3.85. The zero-order valence-corrected chi connectivity index (χ0v) is 9.46. The first kappa shape index (κ1) is 11.0. The maximum atomic E-state index is 9.53. The van der Waals surface area contributed by atoms with Crippen molar-refractivity contribution in [1.82, 2.24) is 0 Å². The fourth-order valence-corrected chi connectivity index (χ4v) is 2.46. The zero-order chi connectivity index (χ0) is 10.0. The summed E-state index contributed by atoms with van der Waals surface area (Å²) < 4.78 is 0. The molecule has 13 heavy (non-hydrogen) atoms. The average Bonchev–Trinajstić information content (AvgIpc) is 2.08. The molecule has 1 aliphatic rings. The molecule has 1 nitrogen and oxygen atoms in total. The second-order valence-electron chi connectivity index (χ2n) is 5.13. The second kappa shape index (κ2) is 4.45. The van der Waals surface area contributed by atoms with Crippen LogP contribution in [0.3, 0.4) is 0 Å². The van der Waals surface area contributed by atoms with Crippen LogP contribution in [0.5, 0.6) is 0 Å². The van der Waals surface area contributed by atoms with Crippen molar-refractivity contribution in [3.05, 3.63) is 0 Å². The van der Waals surface area contributed by atoms with Gasteiger partial charge in [0, 0.05) is 0 Å². The molecule has 0 aromatic rings. The Kier molecular flexibility index (Phi) is 3.78. The van der Waals surface area contributed by atoms with Gasteiger partial charge >= 0.3 is 0 Å². The summed E-state index contributed by atoms with van der Waals surface area (Å²) in [6, 6.07) is 0. The third-order valence-electron chi connectivity index (χ3n) is 4.14. The van der Waals surface area contributed by atoms with E-state index in [9.17, 15) is 5.11 Å². The SMILES string of the molecule is CC(O)C(C)C1CCC(C)C(C)C1. The summed E-state index contributed by atoms with van der Waals surface area (Å²) >= 11 is 0. The van der Waals surface area contributed by atoms with Crippen molar-refractivity contribution in [3.63, 3.8) is 0 Å². The van der Waals surface area contributed by atoms with E-state index in [4.69, 9.17) is 0 Å². The van der Waals surface area contributed by atoms with E-state index in [0.717, 1.165) is 17.8 Å². The van der Waals surface area contributed by atoms with Gasteiger partial charge in [-0.1, -0.05) is 27.2 Å². The molecular formula is C12H24O. The van der Waals surface area contributed by atoms with Crippen molar-refractivity contribution in [3.8, 4) is 0 Å². The largest absolute Gasteiger partial charge is 0.393 e. The number of hydrogen-bond donors (Lipinski definition) is 1. The van der Waals surface area contributed by atoms with Gasteiger partial charge in [-0.05, 0) is 43.4 Å². The van der Waals surface area contributed by atoms with Crippen LogP contribution in [0.1, 0.15) is 47.0 Å². The average molecular weight is 184 g/mol. The quantitative estimate of drug-likeness (QED) is 0.699. The molecule has 0 amide bonds. The van der Waals surface area contributed by atoms with Crippen LogP contribution in [-0.4, -0.2) is 11.2 Å². The Bertz CT molecular complexity index is 153. The molecular weight excluding hydrogens is 160 g/mol. The number of aliphatic hydroxyl groups excluding tert-OH is 1. The van der Waals surface area contributed by atoms with E-state index in [0.29, 0.717) is 5.92 Å². The Labute approximate surface area is 82.5 Å². The highest BCUT2D eigenvalue weighted by Crippen LogP contribution is 2.37. The molecule has 1 rings (SSSR count). The Morgan fingerprint density at radius 2 is 1.69 bits per heavy atom. The minimum atomic E-state index is -0.134. The summed E-state index contributed by atoms with van der Waals surface area (Å²) in [6.45, 7) is 8.82. The third-order valence-corrected chi connectivity index (χ3v) is 4.14. The van der Waals surface area contributed by atoms with E-state index in [1.807, 2.05) is 6.92 Å². The summed E-state index contributed by atoms with van der Waals surface area (Å²) in [5.41, 5.74) is 0. The number of rotatable bonds is 2. The smallest absolute Gasteiger partial charge is 0.0540 e. The van der Waals surface area contributed by atoms with Gasteiger partial charge in [0.15, 0.2) is 0 Å². The molecule has 0 aromatic carbocycles. The second-order valence-corrected chi connectivity index (χ2v) is 5.13. The minimum Gasteiger partial charge on any atom is -0.393 e. The van der Waals surface area contributed by atoms with Crippen molar-refractivity contribution in [2.24, 2.45) is 23.7 Å². The van der Waals surface area contributed by atoms with Gasteiger partial charge < -0.3 is 5.11 Å². The van der Waals surface area contributed by atoms with Crippen molar-refractivity contribution < 1.29 is 5.11 Å². The third kappa shape index (κ3) is 2.70. The molecule has 0 saturated heterocycles. The summed E-state index contributed by atoms with van der Waals surface area (Å²) in [5, 5.41) is 9.53. The molecule has 1 saturated carbocycles. The molecule has 1 N–H and O–H groups in total. The molecule has 0 radical (unpaired) electrons. The van der Waals surface area contributed by atoms with Gasteiger partial charge in [-0.15, -0.1) is 0 Å². The molecule has 1 aliphatic carbocycles.